The van der Waals surface area contributed by atoms with Crippen LogP contribution in [0.4, 0.5) is 0 Å². The molecule has 1 aromatic heterocycles. The van der Waals surface area contributed by atoms with Gasteiger partial charge in [0.1, 0.15) is 23.9 Å². The van der Waals surface area contributed by atoms with E-state index in [0.717, 1.165) is 5.52 Å². The van der Waals surface area contributed by atoms with Gasteiger partial charge in [0.2, 0.25) is 5.91 Å². The predicted molar refractivity (Wildman–Crippen MR) is 73.1 cm³/mol. The summed E-state index contributed by atoms with van der Waals surface area (Å²) in [5.41, 5.74) is 0.505. The van der Waals surface area contributed by atoms with E-state index in [-0.39, 0.29) is 17.9 Å². The fourth-order valence-electron chi connectivity index (χ4n) is 3.11. The van der Waals surface area contributed by atoms with Crippen LogP contribution in [0.15, 0.2) is 23.0 Å². The molecule has 0 saturated carbocycles. The van der Waals surface area contributed by atoms with Crippen molar-refractivity contribution < 1.29 is 14.3 Å². The SMILES string of the molecule is O=C1CCC(n2c(=O)c3cccc4c3n2CCO4)C(=O)N1. The number of hydrogen-bond donors (Lipinski definition) is 1. The van der Waals surface area contributed by atoms with Gasteiger partial charge in [-0.05, 0) is 18.6 Å². The number of hydrogen-bond acceptors (Lipinski definition) is 4. The van der Waals surface area contributed by atoms with Gasteiger partial charge in [0, 0.05) is 6.42 Å². The zero-order valence-electron chi connectivity index (χ0n) is 11.2. The summed E-state index contributed by atoms with van der Waals surface area (Å²) >= 11 is 0. The van der Waals surface area contributed by atoms with E-state index >= 15 is 0 Å². The van der Waals surface area contributed by atoms with E-state index < -0.39 is 11.9 Å². The molecule has 7 heteroatoms. The second kappa shape index (κ2) is 4.21. The third kappa shape index (κ3) is 1.63. The van der Waals surface area contributed by atoms with E-state index in [0.29, 0.717) is 30.7 Å². The smallest absolute Gasteiger partial charge is 0.275 e. The molecule has 4 rings (SSSR count). The Bertz CT molecular complexity index is 833. The Morgan fingerprint density at radius 3 is 2.90 bits per heavy atom. The summed E-state index contributed by atoms with van der Waals surface area (Å²) < 4.78 is 8.84. The highest BCUT2D eigenvalue weighted by molar-refractivity contribution is 5.99. The van der Waals surface area contributed by atoms with Crippen molar-refractivity contribution in [3.05, 3.63) is 28.6 Å². The lowest BCUT2D eigenvalue weighted by molar-refractivity contribution is -0.136. The van der Waals surface area contributed by atoms with Crippen molar-refractivity contribution in [1.82, 2.24) is 14.7 Å². The highest BCUT2D eigenvalue weighted by atomic mass is 16.5. The van der Waals surface area contributed by atoms with Gasteiger partial charge in [-0.25, -0.2) is 4.68 Å². The third-order valence-corrected chi connectivity index (χ3v) is 4.02. The Kier molecular flexibility index (Phi) is 2.44. The van der Waals surface area contributed by atoms with Crippen LogP contribution in [0.2, 0.25) is 0 Å². The summed E-state index contributed by atoms with van der Waals surface area (Å²) in [6.07, 6.45) is 0.588. The molecule has 2 aliphatic rings. The molecule has 2 aliphatic heterocycles. The first-order valence-corrected chi connectivity index (χ1v) is 6.87. The number of aromatic nitrogens is 2. The van der Waals surface area contributed by atoms with Gasteiger partial charge in [-0.15, -0.1) is 0 Å². The van der Waals surface area contributed by atoms with E-state index in [1.54, 1.807) is 16.8 Å². The maximum absolute atomic E-state index is 12.6. The number of imide groups is 1. The molecule has 1 unspecified atom stereocenters. The topological polar surface area (TPSA) is 82.3 Å². The molecule has 1 N–H and O–H groups in total. The van der Waals surface area contributed by atoms with Crippen LogP contribution in [0.5, 0.6) is 5.75 Å². The minimum Gasteiger partial charge on any atom is -0.489 e. The summed E-state index contributed by atoms with van der Waals surface area (Å²) in [5, 5.41) is 2.84. The summed E-state index contributed by atoms with van der Waals surface area (Å²) in [4.78, 5) is 36.0. The minimum atomic E-state index is -0.645. The predicted octanol–water partition coefficient (Wildman–Crippen LogP) is 0.173. The minimum absolute atomic E-state index is 0.216. The fraction of sp³-hybridized carbons (Fsp3) is 0.357. The highest BCUT2D eigenvalue weighted by Gasteiger charge is 2.33. The Balaban J connectivity index is 1.96. The van der Waals surface area contributed by atoms with Gasteiger partial charge in [0.05, 0.1) is 11.9 Å². The maximum atomic E-state index is 12.6. The van der Waals surface area contributed by atoms with Crippen molar-refractivity contribution in [2.24, 2.45) is 0 Å². The van der Waals surface area contributed by atoms with Crippen LogP contribution in [0.25, 0.3) is 10.9 Å². The zero-order valence-corrected chi connectivity index (χ0v) is 11.2. The first-order valence-electron chi connectivity index (χ1n) is 6.87. The summed E-state index contributed by atoms with van der Waals surface area (Å²) in [6, 6.07) is 4.67. The Hall–Kier alpha value is -2.57. The van der Waals surface area contributed by atoms with Gasteiger partial charge in [-0.1, -0.05) is 6.07 Å². The van der Waals surface area contributed by atoms with Crippen LogP contribution in [0.1, 0.15) is 18.9 Å². The molecule has 1 saturated heterocycles. The van der Waals surface area contributed by atoms with Crippen molar-refractivity contribution in [2.45, 2.75) is 25.4 Å². The fourth-order valence-corrected chi connectivity index (χ4v) is 3.11. The molecule has 21 heavy (non-hydrogen) atoms. The summed E-state index contributed by atoms with van der Waals surface area (Å²) in [7, 11) is 0. The monoisotopic (exact) mass is 287 g/mol. The number of piperidine rings is 1. The van der Waals surface area contributed by atoms with E-state index in [4.69, 9.17) is 4.74 Å². The van der Waals surface area contributed by atoms with Crippen LogP contribution in [0, 0.1) is 0 Å². The number of para-hydroxylation sites is 1. The normalized spacial score (nSPS) is 21.2. The first kappa shape index (κ1) is 12.2. The lowest BCUT2D eigenvalue weighted by Crippen LogP contribution is -2.45. The van der Waals surface area contributed by atoms with Gasteiger partial charge in [0.25, 0.3) is 11.5 Å². The first-order chi connectivity index (χ1) is 10.2. The summed E-state index contributed by atoms with van der Waals surface area (Å²) in [5.74, 6) is -0.0505. The van der Waals surface area contributed by atoms with Crippen LogP contribution in [-0.2, 0) is 16.1 Å². The molecule has 1 aromatic carbocycles. The molecule has 2 amide bonds. The van der Waals surface area contributed by atoms with Gasteiger partial charge >= 0.3 is 0 Å². The second-order valence-corrected chi connectivity index (χ2v) is 5.24. The Labute approximate surface area is 119 Å². The number of amides is 2. The number of ether oxygens (including phenoxy) is 1. The average Bonchev–Trinajstić information content (AvgIpc) is 2.75. The standard InChI is InChI=1S/C14H13N3O4/c18-11-5-4-9(13(19)15-11)17-14(20)8-2-1-3-10-12(8)16(17)6-7-21-10/h1-3,9H,4-7H2,(H,15,18,19). The quantitative estimate of drug-likeness (QED) is 0.758. The Morgan fingerprint density at radius 1 is 1.24 bits per heavy atom. The number of nitrogens with zero attached hydrogens (tertiary/aromatic N) is 2. The second-order valence-electron chi connectivity index (χ2n) is 5.24. The molecule has 0 radical (unpaired) electrons. The lowest BCUT2D eigenvalue weighted by Gasteiger charge is -2.26. The van der Waals surface area contributed by atoms with E-state index in [1.165, 1.54) is 4.68 Å². The molecule has 0 aliphatic carbocycles. The molecule has 0 spiro atoms. The van der Waals surface area contributed by atoms with Crippen molar-refractivity contribution in [1.29, 1.82) is 0 Å². The number of carbonyl (C=O) groups is 2. The summed E-state index contributed by atoms with van der Waals surface area (Å²) in [6.45, 7) is 0.959. The molecular formula is C14H13N3O4. The number of rotatable bonds is 1. The zero-order chi connectivity index (χ0) is 14.6. The molecular weight excluding hydrogens is 274 g/mol. The molecule has 0 bridgehead atoms. The van der Waals surface area contributed by atoms with Crippen molar-refractivity contribution in [3.8, 4) is 5.75 Å². The van der Waals surface area contributed by atoms with Crippen molar-refractivity contribution in [2.75, 3.05) is 6.61 Å². The van der Waals surface area contributed by atoms with Crippen LogP contribution >= 0.6 is 0 Å². The average molecular weight is 287 g/mol. The van der Waals surface area contributed by atoms with Crippen molar-refractivity contribution >= 4 is 22.7 Å². The molecule has 1 atom stereocenters. The lowest BCUT2D eigenvalue weighted by atomic mass is 10.1. The van der Waals surface area contributed by atoms with Gasteiger partial charge < -0.3 is 4.74 Å². The van der Waals surface area contributed by atoms with Gasteiger partial charge in [0.15, 0.2) is 0 Å². The van der Waals surface area contributed by atoms with E-state index in [9.17, 15) is 14.4 Å². The molecule has 108 valence electrons. The van der Waals surface area contributed by atoms with Crippen LogP contribution in [0.3, 0.4) is 0 Å². The van der Waals surface area contributed by atoms with E-state index in [2.05, 4.69) is 5.32 Å². The van der Waals surface area contributed by atoms with Crippen LogP contribution in [-0.4, -0.2) is 27.8 Å². The molecule has 7 nitrogen and oxygen atoms in total. The maximum Gasteiger partial charge on any atom is 0.275 e. The highest BCUT2D eigenvalue weighted by Crippen LogP contribution is 2.29. The third-order valence-electron chi connectivity index (χ3n) is 4.02. The van der Waals surface area contributed by atoms with Crippen LogP contribution < -0.4 is 15.6 Å². The molecule has 2 aromatic rings. The molecule has 3 heterocycles. The largest absolute Gasteiger partial charge is 0.489 e. The van der Waals surface area contributed by atoms with E-state index in [1.807, 2.05) is 6.07 Å². The Morgan fingerprint density at radius 2 is 2.10 bits per heavy atom. The van der Waals surface area contributed by atoms with Gasteiger partial charge in [-0.2, -0.15) is 0 Å². The number of benzene rings is 1. The number of nitrogens with one attached hydrogen (secondary N) is 1. The van der Waals surface area contributed by atoms with Crippen molar-refractivity contribution in [3.63, 3.8) is 0 Å². The molecule has 1 fully saturated rings. The number of carbonyl (C=O) groups excluding carboxylic acids is 2. The van der Waals surface area contributed by atoms with Gasteiger partial charge in [-0.3, -0.25) is 24.4 Å².